The molecule has 1 aliphatic rings. The second-order valence-electron chi connectivity index (χ2n) is 3.37. The zero-order valence-corrected chi connectivity index (χ0v) is 11.4. The van der Waals surface area contributed by atoms with Gasteiger partial charge in [-0.05, 0) is 22.6 Å². The maximum atomic E-state index is 13.2. The van der Waals surface area contributed by atoms with E-state index in [1.165, 1.54) is 11.8 Å². The first-order valence-corrected chi connectivity index (χ1v) is 6.57. The lowest BCUT2D eigenvalue weighted by atomic mass is 10.5. The molecule has 1 aliphatic heterocycles. The number of hydrogen-bond acceptors (Lipinski definition) is 6. The van der Waals surface area contributed by atoms with Crippen LogP contribution in [0, 0.1) is 5.82 Å². The number of anilines is 1. The quantitative estimate of drug-likeness (QED) is 0.573. The molecule has 94 valence electrons. The predicted octanol–water partition coefficient (Wildman–Crippen LogP) is 0.308. The first kappa shape index (κ1) is 13.1. The molecule has 1 saturated heterocycles. The average molecular weight is 373 g/mol. The molecule has 0 saturated carbocycles. The van der Waals surface area contributed by atoms with Gasteiger partial charge in [-0.2, -0.15) is 4.98 Å². The second-order valence-corrected chi connectivity index (χ2v) is 7.28. The zero-order chi connectivity index (χ0) is 12.6. The Balaban J connectivity index is 2.31. The van der Waals surface area contributed by atoms with Gasteiger partial charge in [0.25, 0.3) is 0 Å². The summed E-state index contributed by atoms with van der Waals surface area (Å²) in [7, 11) is 0. The third-order valence-corrected chi connectivity index (χ3v) is 4.84. The molecule has 0 radical (unpaired) electrons. The van der Waals surface area contributed by atoms with E-state index in [4.69, 9.17) is 15.6 Å². The molecule has 2 heterocycles. The Labute approximate surface area is 113 Å². The van der Waals surface area contributed by atoms with Crippen LogP contribution in [0.25, 0.3) is 0 Å². The fraction of sp³-hybridized carbons (Fsp3) is 0.500. The number of aliphatic hydroxyl groups is 1. The maximum Gasteiger partial charge on any atom is 0.350 e. The fourth-order valence-electron chi connectivity index (χ4n) is 1.35. The van der Waals surface area contributed by atoms with Gasteiger partial charge in [-0.25, -0.2) is 9.18 Å². The number of halogens is 2. The van der Waals surface area contributed by atoms with Crippen LogP contribution in [0.1, 0.15) is 5.37 Å². The summed E-state index contributed by atoms with van der Waals surface area (Å²) in [6.45, 7) is -0.00648. The van der Waals surface area contributed by atoms with Gasteiger partial charge in [0.05, 0.1) is 13.2 Å². The van der Waals surface area contributed by atoms with Crippen molar-refractivity contribution in [3.05, 3.63) is 22.5 Å². The van der Waals surface area contributed by atoms with E-state index in [0.29, 0.717) is 0 Å². The minimum atomic E-state index is -0.806. The number of nitrogens with two attached hydrogens (primary N) is 1. The van der Waals surface area contributed by atoms with E-state index >= 15 is 0 Å². The summed E-state index contributed by atoms with van der Waals surface area (Å²) < 4.78 is 18.9. The highest BCUT2D eigenvalue weighted by atomic mass is 127. The average Bonchev–Trinajstić information content (AvgIpc) is 2.67. The number of nitrogens with zero attached hydrogens (tertiary/aromatic N) is 2. The van der Waals surface area contributed by atoms with Crippen molar-refractivity contribution in [3.8, 4) is 0 Å². The smallest absolute Gasteiger partial charge is 0.350 e. The first-order valence-electron chi connectivity index (χ1n) is 4.61. The van der Waals surface area contributed by atoms with Gasteiger partial charge in [-0.15, -0.1) is 0 Å². The zero-order valence-electron chi connectivity index (χ0n) is 8.47. The van der Waals surface area contributed by atoms with Crippen molar-refractivity contribution in [2.24, 2.45) is 0 Å². The second kappa shape index (κ2) is 4.71. The molecule has 3 N–H and O–H groups in total. The van der Waals surface area contributed by atoms with E-state index in [-0.39, 0.29) is 13.2 Å². The molecule has 2 unspecified atom stereocenters. The van der Waals surface area contributed by atoms with Gasteiger partial charge in [-0.1, -0.05) is 11.8 Å². The van der Waals surface area contributed by atoms with Crippen LogP contribution in [-0.4, -0.2) is 30.8 Å². The summed E-state index contributed by atoms with van der Waals surface area (Å²) in [6, 6.07) is 0. The van der Waals surface area contributed by atoms with Gasteiger partial charge < -0.3 is 15.6 Å². The Hall–Kier alpha value is -0.390. The van der Waals surface area contributed by atoms with E-state index in [0.717, 1.165) is 10.8 Å². The van der Waals surface area contributed by atoms with Crippen molar-refractivity contribution >= 4 is 40.2 Å². The summed E-state index contributed by atoms with van der Waals surface area (Å²) in [5.41, 5.74) is 4.55. The molecule has 1 fully saturated rings. The maximum absolute atomic E-state index is 13.2. The van der Waals surface area contributed by atoms with Gasteiger partial charge in [0, 0.05) is 6.20 Å². The topological polar surface area (TPSA) is 90.4 Å². The van der Waals surface area contributed by atoms with Crippen LogP contribution < -0.4 is 11.4 Å². The Kier molecular flexibility index (Phi) is 3.61. The van der Waals surface area contributed by atoms with Crippen molar-refractivity contribution in [2.75, 3.05) is 18.9 Å². The van der Waals surface area contributed by atoms with Crippen LogP contribution >= 0.6 is 34.4 Å². The highest BCUT2D eigenvalue weighted by Gasteiger charge is 2.40. The van der Waals surface area contributed by atoms with Crippen molar-refractivity contribution in [1.82, 2.24) is 9.55 Å². The van der Waals surface area contributed by atoms with Crippen LogP contribution in [0.3, 0.4) is 0 Å². The standard InChI is InChI=1S/C8H9FIN3O3S/c9-4-1-13(7(15)12-6(4)11)5-2-16-8(10,3-14)17-5/h1,5,14H,2-3H2,(H2,11,12,15). The lowest BCUT2D eigenvalue weighted by Gasteiger charge is -2.16. The molecule has 2 atom stereocenters. The van der Waals surface area contributed by atoms with Gasteiger partial charge in [-0.3, -0.25) is 4.57 Å². The number of rotatable bonds is 2. The molecule has 1 aromatic heterocycles. The van der Waals surface area contributed by atoms with Crippen LogP contribution in [0.4, 0.5) is 10.2 Å². The van der Waals surface area contributed by atoms with Crippen LogP contribution in [-0.2, 0) is 4.74 Å². The Morgan fingerprint density at radius 2 is 2.59 bits per heavy atom. The normalized spacial score (nSPS) is 28.5. The molecule has 2 rings (SSSR count). The van der Waals surface area contributed by atoms with Crippen LogP contribution in [0.5, 0.6) is 0 Å². The number of alkyl halides is 1. The highest BCUT2D eigenvalue weighted by molar-refractivity contribution is 14.1. The number of nitrogen functional groups attached to an aromatic ring is 1. The summed E-state index contributed by atoms with van der Waals surface area (Å²) >= 11 is 3.16. The summed E-state index contributed by atoms with van der Waals surface area (Å²) in [5.74, 6) is -1.17. The molecule has 0 bridgehead atoms. The van der Waals surface area contributed by atoms with Crippen molar-refractivity contribution < 1.29 is 14.2 Å². The third kappa shape index (κ3) is 2.56. The van der Waals surface area contributed by atoms with Gasteiger partial charge in [0.2, 0.25) is 0 Å². The Morgan fingerprint density at radius 3 is 3.18 bits per heavy atom. The van der Waals surface area contributed by atoms with Crippen molar-refractivity contribution in [1.29, 1.82) is 0 Å². The number of ether oxygens (including phenoxy) is 1. The minimum absolute atomic E-state index is 0.194. The molecule has 1 aromatic rings. The van der Waals surface area contributed by atoms with E-state index in [1.807, 2.05) is 22.6 Å². The predicted molar refractivity (Wildman–Crippen MR) is 69.3 cm³/mol. The molecule has 6 nitrogen and oxygen atoms in total. The lowest BCUT2D eigenvalue weighted by Crippen LogP contribution is -2.27. The van der Waals surface area contributed by atoms with Crippen LogP contribution in [0.15, 0.2) is 11.0 Å². The summed E-state index contributed by atoms with van der Waals surface area (Å²) in [6.07, 6.45) is 1.01. The molecule has 0 amide bonds. The lowest BCUT2D eigenvalue weighted by molar-refractivity contribution is 0.0695. The molecule has 0 spiro atoms. The fourth-order valence-corrected chi connectivity index (χ4v) is 3.43. The molecule has 9 heteroatoms. The number of thioether (sulfide) groups is 1. The number of aliphatic hydroxyl groups excluding tert-OH is 1. The minimum Gasteiger partial charge on any atom is -0.392 e. The molecule has 0 aromatic carbocycles. The third-order valence-electron chi connectivity index (χ3n) is 2.19. The SMILES string of the molecule is Nc1nc(=O)n(C2COC(I)(CO)S2)cc1F. The van der Waals surface area contributed by atoms with E-state index < -0.39 is 25.6 Å². The van der Waals surface area contributed by atoms with Crippen molar-refractivity contribution in [2.45, 2.75) is 8.31 Å². The number of hydrogen-bond donors (Lipinski definition) is 2. The first-order chi connectivity index (χ1) is 7.95. The molecular formula is C8H9FIN3O3S. The van der Waals surface area contributed by atoms with Crippen LogP contribution in [0.2, 0.25) is 0 Å². The number of aromatic nitrogens is 2. The van der Waals surface area contributed by atoms with E-state index in [9.17, 15) is 9.18 Å². The molecular weight excluding hydrogens is 364 g/mol. The highest BCUT2D eigenvalue weighted by Crippen LogP contribution is 2.47. The van der Waals surface area contributed by atoms with E-state index in [2.05, 4.69) is 4.98 Å². The summed E-state index contributed by atoms with van der Waals surface area (Å²) in [4.78, 5) is 14.9. The summed E-state index contributed by atoms with van der Waals surface area (Å²) in [5, 5.41) is 8.69. The van der Waals surface area contributed by atoms with Crippen molar-refractivity contribution in [3.63, 3.8) is 0 Å². The Bertz CT molecular complexity index is 499. The largest absolute Gasteiger partial charge is 0.392 e. The monoisotopic (exact) mass is 373 g/mol. The van der Waals surface area contributed by atoms with Gasteiger partial charge >= 0.3 is 5.69 Å². The molecule has 0 aliphatic carbocycles. The van der Waals surface area contributed by atoms with Gasteiger partial charge in [0.15, 0.2) is 14.6 Å². The van der Waals surface area contributed by atoms with E-state index in [1.54, 1.807) is 0 Å². The molecule has 17 heavy (non-hydrogen) atoms. The Morgan fingerprint density at radius 1 is 1.88 bits per heavy atom. The van der Waals surface area contributed by atoms with Gasteiger partial charge in [0.1, 0.15) is 5.37 Å².